The van der Waals surface area contributed by atoms with Gasteiger partial charge in [-0.05, 0) is 49.3 Å². The average Bonchev–Trinajstić information content (AvgIpc) is 3.34. The van der Waals surface area contributed by atoms with Gasteiger partial charge in [0, 0.05) is 0 Å². The zero-order chi connectivity index (χ0) is 17.2. The van der Waals surface area contributed by atoms with E-state index in [0.717, 1.165) is 35.9 Å². The second-order valence-corrected chi connectivity index (χ2v) is 7.86. The molecule has 1 aromatic carbocycles. The first-order valence-electron chi connectivity index (χ1n) is 8.16. The number of carbonyl (C=O) groups is 2. The molecule has 1 aliphatic rings. The zero-order valence-electron chi connectivity index (χ0n) is 13.4. The molecule has 2 heterocycles. The number of thiazole rings is 1. The third kappa shape index (κ3) is 3.43. The Morgan fingerprint density at radius 1 is 1.16 bits per heavy atom. The Kier molecular flexibility index (Phi) is 4.50. The number of fused-ring (bicyclic) bond motifs is 1. The molecule has 1 fully saturated rings. The summed E-state index contributed by atoms with van der Waals surface area (Å²) in [6.07, 6.45) is 4.04. The summed E-state index contributed by atoms with van der Waals surface area (Å²) < 4.78 is 6.49. The third-order valence-electron chi connectivity index (χ3n) is 4.18. The van der Waals surface area contributed by atoms with Gasteiger partial charge in [-0.2, -0.15) is 0 Å². The summed E-state index contributed by atoms with van der Waals surface area (Å²) in [5.41, 5.74) is 1.20. The number of benzene rings is 1. The van der Waals surface area contributed by atoms with Gasteiger partial charge in [0.25, 0.3) is 5.91 Å². The molecule has 1 N–H and O–H groups in total. The van der Waals surface area contributed by atoms with E-state index in [-0.39, 0.29) is 18.0 Å². The molecule has 25 heavy (non-hydrogen) atoms. The Morgan fingerprint density at radius 2 is 1.96 bits per heavy atom. The first-order chi connectivity index (χ1) is 12.2. The van der Waals surface area contributed by atoms with Crippen molar-refractivity contribution in [2.24, 2.45) is 0 Å². The van der Waals surface area contributed by atoms with Gasteiger partial charge >= 0.3 is 5.97 Å². The maximum atomic E-state index is 12.5. The summed E-state index contributed by atoms with van der Waals surface area (Å²) >= 11 is 2.64. The molecular formula is C18H16N2O3S2. The number of hydrogen-bond acceptors (Lipinski definition) is 6. The number of hydrogen-bond donors (Lipinski definition) is 1. The summed E-state index contributed by atoms with van der Waals surface area (Å²) in [6.45, 7) is 0. The largest absolute Gasteiger partial charge is 0.459 e. The maximum absolute atomic E-state index is 12.5. The van der Waals surface area contributed by atoms with Gasteiger partial charge in [-0.1, -0.05) is 12.1 Å². The second kappa shape index (κ2) is 6.93. The number of amides is 1. The van der Waals surface area contributed by atoms with Gasteiger partial charge in [0.1, 0.15) is 11.1 Å². The molecule has 1 aliphatic carbocycles. The van der Waals surface area contributed by atoms with Crippen LogP contribution in [0.3, 0.4) is 0 Å². The van der Waals surface area contributed by atoms with Gasteiger partial charge < -0.3 is 10.1 Å². The Labute approximate surface area is 152 Å². The number of aromatic nitrogens is 1. The lowest BCUT2D eigenvalue weighted by Crippen LogP contribution is -2.17. The number of nitrogens with one attached hydrogen (secondary N) is 1. The van der Waals surface area contributed by atoms with E-state index in [4.69, 9.17) is 4.74 Å². The molecular weight excluding hydrogens is 356 g/mol. The molecule has 0 aliphatic heterocycles. The van der Waals surface area contributed by atoms with Crippen LogP contribution < -0.4 is 5.32 Å². The number of rotatable bonds is 4. The molecule has 0 bridgehead atoms. The van der Waals surface area contributed by atoms with Crippen molar-refractivity contribution in [3.63, 3.8) is 0 Å². The Hall–Kier alpha value is -2.25. The smallest absolute Gasteiger partial charge is 0.341 e. The monoisotopic (exact) mass is 372 g/mol. The maximum Gasteiger partial charge on any atom is 0.341 e. The standard InChI is InChI=1S/C18H16N2O3S2/c21-15(17-19-13-7-3-4-8-14(13)25-17)20-16-12(9-10-24-16)18(22)23-11-5-1-2-6-11/h3-4,7-11H,1-2,5-6H2,(H,20,21). The van der Waals surface area contributed by atoms with Crippen molar-refractivity contribution < 1.29 is 14.3 Å². The van der Waals surface area contributed by atoms with E-state index in [1.807, 2.05) is 24.3 Å². The van der Waals surface area contributed by atoms with Crippen LogP contribution in [0.15, 0.2) is 35.7 Å². The summed E-state index contributed by atoms with van der Waals surface area (Å²) in [6, 6.07) is 9.30. The fourth-order valence-corrected chi connectivity index (χ4v) is 4.54. The highest BCUT2D eigenvalue weighted by atomic mass is 32.1. The predicted octanol–water partition coefficient (Wildman–Crippen LogP) is 4.71. The number of nitrogens with zero attached hydrogens (tertiary/aromatic N) is 1. The molecule has 7 heteroatoms. The summed E-state index contributed by atoms with van der Waals surface area (Å²) in [5, 5.41) is 5.46. The highest BCUT2D eigenvalue weighted by molar-refractivity contribution is 7.20. The van der Waals surface area contributed by atoms with E-state index in [2.05, 4.69) is 10.3 Å². The zero-order valence-corrected chi connectivity index (χ0v) is 15.0. The van der Waals surface area contributed by atoms with Crippen molar-refractivity contribution in [2.45, 2.75) is 31.8 Å². The number of para-hydroxylation sites is 1. The van der Waals surface area contributed by atoms with E-state index >= 15 is 0 Å². The molecule has 2 aromatic heterocycles. The molecule has 4 rings (SSSR count). The Bertz CT molecular complexity index is 892. The SMILES string of the molecule is O=C(Nc1sccc1C(=O)OC1CCCC1)c1nc2ccccc2s1. The Morgan fingerprint density at radius 3 is 2.76 bits per heavy atom. The van der Waals surface area contributed by atoms with Crippen molar-refractivity contribution in [2.75, 3.05) is 5.32 Å². The highest BCUT2D eigenvalue weighted by Crippen LogP contribution is 2.29. The van der Waals surface area contributed by atoms with Crippen molar-refractivity contribution in [1.82, 2.24) is 4.98 Å². The molecule has 1 amide bonds. The lowest BCUT2D eigenvalue weighted by Gasteiger charge is -2.11. The van der Waals surface area contributed by atoms with Gasteiger partial charge in [0.05, 0.1) is 15.8 Å². The van der Waals surface area contributed by atoms with Crippen molar-refractivity contribution in [3.05, 3.63) is 46.3 Å². The van der Waals surface area contributed by atoms with Crippen LogP contribution in [0.1, 0.15) is 45.8 Å². The van der Waals surface area contributed by atoms with Crippen LogP contribution >= 0.6 is 22.7 Å². The van der Waals surface area contributed by atoms with E-state index in [1.54, 1.807) is 11.4 Å². The molecule has 0 spiro atoms. The minimum atomic E-state index is -0.368. The Balaban J connectivity index is 1.49. The molecule has 0 saturated heterocycles. The number of ether oxygens (including phenoxy) is 1. The molecule has 0 unspecified atom stereocenters. The van der Waals surface area contributed by atoms with Crippen LogP contribution in [0.5, 0.6) is 0 Å². The van der Waals surface area contributed by atoms with Gasteiger partial charge in [-0.15, -0.1) is 22.7 Å². The van der Waals surface area contributed by atoms with E-state index in [1.165, 1.54) is 22.7 Å². The van der Waals surface area contributed by atoms with Crippen LogP contribution in [0.25, 0.3) is 10.2 Å². The highest BCUT2D eigenvalue weighted by Gasteiger charge is 2.23. The molecule has 5 nitrogen and oxygen atoms in total. The van der Waals surface area contributed by atoms with E-state index < -0.39 is 0 Å². The third-order valence-corrected chi connectivity index (χ3v) is 6.04. The fourth-order valence-electron chi connectivity index (χ4n) is 2.91. The molecule has 128 valence electrons. The van der Waals surface area contributed by atoms with Crippen LogP contribution in [-0.4, -0.2) is 23.0 Å². The fraction of sp³-hybridized carbons (Fsp3) is 0.278. The summed E-state index contributed by atoms with van der Waals surface area (Å²) in [4.78, 5) is 29.2. The molecule has 1 saturated carbocycles. The lowest BCUT2D eigenvalue weighted by atomic mass is 10.3. The number of carbonyl (C=O) groups excluding carboxylic acids is 2. The normalized spacial score (nSPS) is 14.7. The van der Waals surface area contributed by atoms with Gasteiger partial charge in [-0.25, -0.2) is 9.78 Å². The summed E-state index contributed by atoms with van der Waals surface area (Å²) in [5.74, 6) is -0.675. The van der Waals surface area contributed by atoms with Gasteiger partial charge in [0.2, 0.25) is 0 Å². The molecule has 3 aromatic rings. The summed E-state index contributed by atoms with van der Waals surface area (Å²) in [7, 11) is 0. The number of anilines is 1. The van der Waals surface area contributed by atoms with E-state index in [0.29, 0.717) is 15.6 Å². The molecule has 0 radical (unpaired) electrons. The van der Waals surface area contributed by atoms with Crippen molar-refractivity contribution >= 4 is 49.8 Å². The van der Waals surface area contributed by atoms with E-state index in [9.17, 15) is 9.59 Å². The lowest BCUT2D eigenvalue weighted by molar-refractivity contribution is 0.0319. The van der Waals surface area contributed by atoms with Crippen molar-refractivity contribution in [3.8, 4) is 0 Å². The van der Waals surface area contributed by atoms with Crippen LogP contribution in [0.2, 0.25) is 0 Å². The predicted molar refractivity (Wildman–Crippen MR) is 99.6 cm³/mol. The minimum Gasteiger partial charge on any atom is -0.459 e. The molecule has 0 atom stereocenters. The number of thiophene rings is 1. The van der Waals surface area contributed by atoms with Crippen molar-refractivity contribution in [1.29, 1.82) is 0 Å². The average molecular weight is 372 g/mol. The first-order valence-corrected chi connectivity index (χ1v) is 9.86. The minimum absolute atomic E-state index is 0.000198. The topological polar surface area (TPSA) is 68.3 Å². The van der Waals surface area contributed by atoms with Crippen LogP contribution in [0.4, 0.5) is 5.00 Å². The first kappa shape index (κ1) is 16.2. The number of esters is 1. The van der Waals surface area contributed by atoms with Gasteiger partial charge in [0.15, 0.2) is 5.01 Å². The quantitative estimate of drug-likeness (QED) is 0.674. The van der Waals surface area contributed by atoms with Crippen LogP contribution in [-0.2, 0) is 4.74 Å². The second-order valence-electron chi connectivity index (χ2n) is 5.92. The van der Waals surface area contributed by atoms with Crippen LogP contribution in [0, 0.1) is 0 Å². The van der Waals surface area contributed by atoms with Gasteiger partial charge in [-0.3, -0.25) is 4.79 Å².